The number of rotatable bonds is 6. The Morgan fingerprint density at radius 3 is 2.30 bits per heavy atom. The number of nitrogens with one attached hydrogen (secondary N) is 1. The van der Waals surface area contributed by atoms with Gasteiger partial charge in [-0.2, -0.15) is 0 Å². The molecule has 2 aromatic carbocycles. The van der Waals surface area contributed by atoms with Crippen LogP contribution in [0.2, 0.25) is 0 Å². The molecule has 27 heavy (non-hydrogen) atoms. The van der Waals surface area contributed by atoms with Crippen LogP contribution in [0.15, 0.2) is 45.6 Å². The highest BCUT2D eigenvalue weighted by Gasteiger charge is 2.20. The predicted octanol–water partition coefficient (Wildman–Crippen LogP) is 3.90. The highest BCUT2D eigenvalue weighted by atomic mass is 32.2. The van der Waals surface area contributed by atoms with E-state index in [4.69, 9.17) is 0 Å². The number of nitrogens with zero attached hydrogens (tertiary/aromatic N) is 1. The van der Waals surface area contributed by atoms with Gasteiger partial charge < -0.3 is 0 Å². The minimum absolute atomic E-state index is 0.0407. The van der Waals surface area contributed by atoms with Gasteiger partial charge in [-0.25, -0.2) is 21.8 Å². The van der Waals surface area contributed by atoms with Crippen molar-refractivity contribution in [3.63, 3.8) is 0 Å². The molecule has 0 radical (unpaired) electrons. The topological polar surface area (TPSA) is 93.2 Å². The van der Waals surface area contributed by atoms with Gasteiger partial charge >= 0.3 is 0 Å². The normalized spacial score (nSPS) is 12.4. The lowest BCUT2D eigenvalue weighted by Crippen LogP contribution is -2.13. The number of hydrogen-bond acceptors (Lipinski definition) is 6. The van der Waals surface area contributed by atoms with Gasteiger partial charge in [-0.15, -0.1) is 11.3 Å². The molecule has 0 aliphatic rings. The summed E-state index contributed by atoms with van der Waals surface area (Å²) in [5.74, 6) is 0.0407. The van der Waals surface area contributed by atoms with Crippen molar-refractivity contribution in [2.75, 3.05) is 10.5 Å². The number of sulfonamides is 1. The van der Waals surface area contributed by atoms with Gasteiger partial charge in [-0.05, 0) is 61.7 Å². The third-order valence-corrected chi connectivity index (χ3v) is 8.62. The van der Waals surface area contributed by atoms with E-state index in [1.54, 1.807) is 37.3 Å². The summed E-state index contributed by atoms with van der Waals surface area (Å²) in [7, 11) is -7.15. The molecule has 0 aliphatic carbocycles. The predicted molar refractivity (Wildman–Crippen MR) is 109 cm³/mol. The second-order valence-electron chi connectivity index (χ2n) is 6.41. The van der Waals surface area contributed by atoms with Gasteiger partial charge in [0, 0.05) is 0 Å². The number of aromatic nitrogens is 1. The van der Waals surface area contributed by atoms with Gasteiger partial charge in [0.1, 0.15) is 0 Å². The molecule has 1 N–H and O–H groups in total. The van der Waals surface area contributed by atoms with Crippen LogP contribution in [-0.4, -0.2) is 27.6 Å². The summed E-state index contributed by atoms with van der Waals surface area (Å²) in [6, 6.07) is 9.93. The van der Waals surface area contributed by atoms with E-state index >= 15 is 0 Å². The summed E-state index contributed by atoms with van der Waals surface area (Å²) in [6.07, 6.45) is 0.513. The van der Waals surface area contributed by atoms with E-state index in [9.17, 15) is 16.8 Å². The fourth-order valence-corrected chi connectivity index (χ4v) is 6.71. The monoisotopic (exact) mass is 424 g/mol. The number of anilines is 1. The molecule has 144 valence electrons. The number of hydrogen-bond donors (Lipinski definition) is 1. The first-order valence-corrected chi connectivity index (χ1v) is 12.3. The molecule has 1 aromatic heterocycles. The van der Waals surface area contributed by atoms with E-state index in [1.807, 2.05) is 19.9 Å². The van der Waals surface area contributed by atoms with Crippen LogP contribution >= 0.6 is 11.3 Å². The molecule has 0 fully saturated rings. The summed E-state index contributed by atoms with van der Waals surface area (Å²) < 4.78 is 53.0. The SMILES string of the molecule is CCCS(=O)(=O)c1nc2ccc(NS(=O)(=O)c3cc(C)cc(C)c3)cc2s1. The van der Waals surface area contributed by atoms with E-state index in [2.05, 4.69) is 9.71 Å². The Morgan fingerprint density at radius 2 is 1.67 bits per heavy atom. The summed E-state index contributed by atoms with van der Waals surface area (Å²) in [5, 5.41) is 0. The zero-order valence-corrected chi connectivity index (χ0v) is 17.6. The van der Waals surface area contributed by atoms with Crippen LogP contribution < -0.4 is 4.72 Å². The molecular weight excluding hydrogens is 404 g/mol. The molecule has 0 spiro atoms. The van der Waals surface area contributed by atoms with Gasteiger partial charge in [0.2, 0.25) is 14.2 Å². The number of sulfone groups is 1. The van der Waals surface area contributed by atoms with Gasteiger partial charge in [0.05, 0.1) is 26.6 Å². The van der Waals surface area contributed by atoms with Crippen LogP contribution in [0, 0.1) is 13.8 Å². The van der Waals surface area contributed by atoms with Gasteiger partial charge in [-0.1, -0.05) is 13.0 Å². The molecule has 1 heterocycles. The number of aryl methyl sites for hydroxylation is 2. The van der Waals surface area contributed by atoms with Crippen LogP contribution in [0.4, 0.5) is 5.69 Å². The van der Waals surface area contributed by atoms with Crippen molar-refractivity contribution in [2.45, 2.75) is 36.4 Å². The van der Waals surface area contributed by atoms with Gasteiger partial charge in [-0.3, -0.25) is 4.72 Å². The zero-order valence-electron chi connectivity index (χ0n) is 15.2. The summed E-state index contributed by atoms with van der Waals surface area (Å²) in [5.41, 5.74) is 2.62. The van der Waals surface area contributed by atoms with Crippen molar-refractivity contribution in [3.8, 4) is 0 Å². The van der Waals surface area contributed by atoms with Crippen molar-refractivity contribution in [1.29, 1.82) is 0 Å². The highest BCUT2D eigenvalue weighted by Crippen LogP contribution is 2.29. The smallest absolute Gasteiger partial charge is 0.261 e. The molecule has 3 aromatic rings. The molecule has 0 amide bonds. The van der Waals surface area contributed by atoms with Gasteiger partial charge in [0.15, 0.2) is 0 Å². The first kappa shape index (κ1) is 19.8. The molecule has 6 nitrogen and oxygen atoms in total. The standard InChI is InChI=1S/C18H20N2O4S3/c1-4-7-26(21,22)18-19-16-6-5-14(11-17(16)25-18)20-27(23,24)15-9-12(2)8-13(3)10-15/h5-6,8-11,20H,4,7H2,1-3H3. The summed E-state index contributed by atoms with van der Waals surface area (Å²) in [4.78, 5) is 4.37. The maximum atomic E-state index is 12.7. The fourth-order valence-electron chi connectivity index (χ4n) is 2.76. The van der Waals surface area contributed by atoms with Crippen molar-refractivity contribution >= 4 is 47.1 Å². The molecule has 9 heteroatoms. The Bertz CT molecular complexity index is 1190. The average molecular weight is 425 g/mol. The highest BCUT2D eigenvalue weighted by molar-refractivity contribution is 7.93. The maximum absolute atomic E-state index is 12.7. The van der Waals surface area contributed by atoms with Crippen LogP contribution in [0.3, 0.4) is 0 Å². The molecule has 0 saturated heterocycles. The quantitative estimate of drug-likeness (QED) is 0.648. The van der Waals surface area contributed by atoms with Crippen LogP contribution in [-0.2, 0) is 19.9 Å². The van der Waals surface area contributed by atoms with Crippen molar-refractivity contribution in [1.82, 2.24) is 4.98 Å². The maximum Gasteiger partial charge on any atom is 0.261 e. The molecule has 0 saturated carbocycles. The Morgan fingerprint density at radius 1 is 1.00 bits per heavy atom. The van der Waals surface area contributed by atoms with Crippen molar-refractivity contribution in [2.24, 2.45) is 0 Å². The third kappa shape index (κ3) is 4.31. The lowest BCUT2D eigenvalue weighted by molar-refractivity contribution is 0.594. The first-order valence-electron chi connectivity index (χ1n) is 8.35. The summed E-state index contributed by atoms with van der Waals surface area (Å²) in [6.45, 7) is 5.48. The Kier molecular flexibility index (Phi) is 5.29. The fraction of sp³-hybridized carbons (Fsp3) is 0.278. The number of fused-ring (bicyclic) bond motifs is 1. The number of benzene rings is 2. The minimum atomic E-state index is -3.74. The Labute approximate surface area is 163 Å². The molecule has 0 atom stereocenters. The van der Waals surface area contributed by atoms with Crippen LogP contribution in [0.5, 0.6) is 0 Å². The van der Waals surface area contributed by atoms with Crippen molar-refractivity contribution < 1.29 is 16.8 Å². The van der Waals surface area contributed by atoms with Crippen LogP contribution in [0.25, 0.3) is 10.2 Å². The van der Waals surface area contributed by atoms with E-state index in [0.29, 0.717) is 22.3 Å². The second-order valence-corrected chi connectivity index (χ2v) is 11.4. The number of thiazole rings is 1. The van der Waals surface area contributed by atoms with E-state index < -0.39 is 19.9 Å². The summed E-state index contributed by atoms with van der Waals surface area (Å²) >= 11 is 1.05. The molecule has 0 bridgehead atoms. The lowest BCUT2D eigenvalue weighted by Gasteiger charge is -2.09. The Balaban J connectivity index is 1.95. The molecule has 0 aliphatic heterocycles. The molecule has 3 rings (SSSR count). The average Bonchev–Trinajstić information content (AvgIpc) is 2.97. The zero-order chi connectivity index (χ0) is 19.8. The van der Waals surface area contributed by atoms with Crippen LogP contribution in [0.1, 0.15) is 24.5 Å². The first-order chi connectivity index (χ1) is 12.6. The largest absolute Gasteiger partial charge is 0.280 e. The molecule has 0 unspecified atom stereocenters. The van der Waals surface area contributed by atoms with Crippen molar-refractivity contribution in [3.05, 3.63) is 47.5 Å². The van der Waals surface area contributed by atoms with E-state index in [0.717, 1.165) is 22.5 Å². The molecular formula is C18H20N2O4S3. The minimum Gasteiger partial charge on any atom is -0.280 e. The lowest BCUT2D eigenvalue weighted by atomic mass is 10.2. The van der Waals surface area contributed by atoms with E-state index in [-0.39, 0.29) is 15.0 Å². The third-order valence-electron chi connectivity index (χ3n) is 3.87. The van der Waals surface area contributed by atoms with E-state index in [1.165, 1.54) is 0 Å². The second kappa shape index (κ2) is 7.21. The Hall–Kier alpha value is -1.97. The van der Waals surface area contributed by atoms with Gasteiger partial charge in [0.25, 0.3) is 10.0 Å².